The maximum absolute atomic E-state index is 11.1. The van der Waals surface area contributed by atoms with E-state index in [1.807, 2.05) is 6.92 Å². The molecule has 1 aromatic rings. The zero-order valence-electron chi connectivity index (χ0n) is 9.46. The molecular weight excluding hydrogens is 242 g/mol. The summed E-state index contributed by atoms with van der Waals surface area (Å²) in [5.74, 6) is 1.12. The van der Waals surface area contributed by atoms with Crippen LogP contribution >= 0.6 is 11.6 Å². The number of carbonyl (C=O) groups excluding carboxylic acids is 1. The van der Waals surface area contributed by atoms with Crippen LogP contribution in [0.3, 0.4) is 0 Å². The Morgan fingerprint density at radius 2 is 2.47 bits per heavy atom. The lowest BCUT2D eigenvalue weighted by Crippen LogP contribution is -2.23. The molecule has 0 spiro atoms. The Hall–Kier alpha value is -1.56. The van der Waals surface area contributed by atoms with Crippen LogP contribution in [0.2, 0.25) is 5.02 Å². The van der Waals surface area contributed by atoms with Crippen LogP contribution < -0.4 is 16.0 Å². The average molecular weight is 256 g/mol. The first-order valence-corrected chi connectivity index (χ1v) is 5.86. The van der Waals surface area contributed by atoms with Crippen LogP contribution in [0.4, 0.5) is 11.8 Å². The summed E-state index contributed by atoms with van der Waals surface area (Å²) in [4.78, 5) is 19.4. The van der Waals surface area contributed by atoms with Crippen LogP contribution in [0.15, 0.2) is 6.20 Å². The van der Waals surface area contributed by atoms with E-state index in [1.54, 1.807) is 6.20 Å². The molecule has 0 radical (unpaired) electrons. The minimum atomic E-state index is 0.0318. The van der Waals surface area contributed by atoms with Crippen molar-refractivity contribution in [3.63, 3.8) is 0 Å². The normalized spacial score (nSPS) is 18.9. The number of nitrogens with zero attached hydrogens (tertiary/aromatic N) is 2. The maximum Gasteiger partial charge on any atom is 0.224 e. The molecule has 0 bridgehead atoms. The molecule has 1 saturated heterocycles. The summed E-state index contributed by atoms with van der Waals surface area (Å²) in [6.45, 7) is 3.30. The molecule has 3 N–H and O–H groups in total. The molecule has 6 nitrogen and oxygen atoms in total. The standard InChI is InChI=1S/C10H14ClN5O/c1-2-12-10-14-5-7(11)9(16-10)15-6-3-8(17)13-4-6/h5-6H,2-4H2,1H3,(H,13,17)(H2,12,14,15,16). The highest BCUT2D eigenvalue weighted by molar-refractivity contribution is 6.32. The molecule has 0 saturated carbocycles. The predicted octanol–water partition coefficient (Wildman–Crippen LogP) is 0.862. The molecule has 1 aromatic heterocycles. The Morgan fingerprint density at radius 1 is 1.65 bits per heavy atom. The number of rotatable bonds is 4. The van der Waals surface area contributed by atoms with Gasteiger partial charge in [-0.2, -0.15) is 4.98 Å². The number of hydrogen-bond acceptors (Lipinski definition) is 5. The van der Waals surface area contributed by atoms with Crippen molar-refractivity contribution in [3.05, 3.63) is 11.2 Å². The van der Waals surface area contributed by atoms with Crippen LogP contribution in [-0.2, 0) is 4.79 Å². The van der Waals surface area contributed by atoms with E-state index < -0.39 is 0 Å². The van der Waals surface area contributed by atoms with E-state index in [0.29, 0.717) is 29.8 Å². The second kappa shape index (κ2) is 5.18. The highest BCUT2D eigenvalue weighted by Crippen LogP contribution is 2.21. The van der Waals surface area contributed by atoms with Gasteiger partial charge < -0.3 is 16.0 Å². The summed E-state index contributed by atoms with van der Waals surface area (Å²) in [7, 11) is 0. The second-order valence-corrected chi connectivity index (χ2v) is 4.18. The molecule has 1 fully saturated rings. The summed E-state index contributed by atoms with van der Waals surface area (Å²) in [5.41, 5.74) is 0. The van der Waals surface area contributed by atoms with Gasteiger partial charge in [-0.05, 0) is 6.92 Å². The first-order chi connectivity index (χ1) is 8.19. The number of halogens is 1. The second-order valence-electron chi connectivity index (χ2n) is 3.77. The molecule has 0 aliphatic carbocycles. The van der Waals surface area contributed by atoms with Crippen LogP contribution in [0.5, 0.6) is 0 Å². The predicted molar refractivity (Wildman–Crippen MR) is 66.2 cm³/mol. The molecular formula is C10H14ClN5O. The SMILES string of the molecule is CCNc1ncc(Cl)c(NC2CNC(=O)C2)n1. The van der Waals surface area contributed by atoms with Gasteiger partial charge in [0, 0.05) is 19.5 Å². The van der Waals surface area contributed by atoms with Crippen LogP contribution in [0.25, 0.3) is 0 Å². The van der Waals surface area contributed by atoms with Crippen LogP contribution in [-0.4, -0.2) is 35.0 Å². The summed E-state index contributed by atoms with van der Waals surface area (Å²) in [6.07, 6.45) is 1.98. The quantitative estimate of drug-likeness (QED) is 0.744. The van der Waals surface area contributed by atoms with Gasteiger partial charge >= 0.3 is 0 Å². The summed E-state index contributed by atoms with van der Waals surface area (Å²) in [6, 6.07) is 0.0318. The van der Waals surface area contributed by atoms with Crippen LogP contribution in [0, 0.1) is 0 Å². The Kier molecular flexibility index (Phi) is 3.63. The van der Waals surface area contributed by atoms with Crippen molar-refractivity contribution in [2.75, 3.05) is 23.7 Å². The Balaban J connectivity index is 2.08. The third kappa shape index (κ3) is 2.97. The number of aromatic nitrogens is 2. The van der Waals surface area contributed by atoms with Crippen molar-refractivity contribution < 1.29 is 4.79 Å². The lowest BCUT2D eigenvalue weighted by atomic mass is 10.2. The zero-order chi connectivity index (χ0) is 12.3. The minimum absolute atomic E-state index is 0.0318. The molecule has 92 valence electrons. The van der Waals surface area contributed by atoms with Crippen molar-refractivity contribution in [1.29, 1.82) is 0 Å². The number of anilines is 2. The van der Waals surface area contributed by atoms with Crippen molar-refractivity contribution in [2.45, 2.75) is 19.4 Å². The largest absolute Gasteiger partial charge is 0.364 e. The zero-order valence-corrected chi connectivity index (χ0v) is 10.2. The molecule has 7 heteroatoms. The minimum Gasteiger partial charge on any atom is -0.364 e. The van der Waals surface area contributed by atoms with Gasteiger partial charge in [-0.15, -0.1) is 0 Å². The fourth-order valence-corrected chi connectivity index (χ4v) is 1.76. The van der Waals surface area contributed by atoms with Crippen molar-refractivity contribution in [2.24, 2.45) is 0 Å². The van der Waals surface area contributed by atoms with E-state index in [0.717, 1.165) is 6.54 Å². The van der Waals surface area contributed by atoms with Crippen molar-refractivity contribution in [1.82, 2.24) is 15.3 Å². The molecule has 0 aromatic carbocycles. The fraction of sp³-hybridized carbons (Fsp3) is 0.500. The number of nitrogens with one attached hydrogen (secondary N) is 3. The molecule has 1 amide bonds. The lowest BCUT2D eigenvalue weighted by Gasteiger charge is -2.13. The summed E-state index contributed by atoms with van der Waals surface area (Å²) in [5, 5.41) is 9.33. The Bertz CT molecular complexity index is 425. The summed E-state index contributed by atoms with van der Waals surface area (Å²) >= 11 is 5.99. The number of hydrogen-bond donors (Lipinski definition) is 3. The lowest BCUT2D eigenvalue weighted by molar-refractivity contribution is -0.119. The van der Waals surface area contributed by atoms with Gasteiger partial charge in [-0.3, -0.25) is 4.79 Å². The number of amides is 1. The van der Waals surface area contributed by atoms with Gasteiger partial charge in [-0.1, -0.05) is 11.6 Å². The summed E-state index contributed by atoms with van der Waals surface area (Å²) < 4.78 is 0. The van der Waals surface area contributed by atoms with E-state index in [2.05, 4.69) is 25.9 Å². The van der Waals surface area contributed by atoms with E-state index in [-0.39, 0.29) is 11.9 Å². The topological polar surface area (TPSA) is 78.9 Å². The highest BCUT2D eigenvalue weighted by Gasteiger charge is 2.22. The molecule has 2 rings (SSSR count). The third-order valence-corrected chi connectivity index (χ3v) is 2.67. The van der Waals surface area contributed by atoms with Gasteiger partial charge in [0.05, 0.1) is 12.2 Å². The molecule has 1 aliphatic rings. The first kappa shape index (κ1) is 11.9. The smallest absolute Gasteiger partial charge is 0.224 e. The van der Waals surface area contributed by atoms with Gasteiger partial charge in [0.2, 0.25) is 11.9 Å². The van der Waals surface area contributed by atoms with E-state index in [4.69, 9.17) is 11.6 Å². The van der Waals surface area contributed by atoms with E-state index in [9.17, 15) is 4.79 Å². The van der Waals surface area contributed by atoms with Crippen molar-refractivity contribution >= 4 is 29.3 Å². The van der Waals surface area contributed by atoms with Gasteiger partial charge in [0.1, 0.15) is 5.02 Å². The van der Waals surface area contributed by atoms with Gasteiger partial charge in [0.25, 0.3) is 0 Å². The monoisotopic (exact) mass is 255 g/mol. The van der Waals surface area contributed by atoms with E-state index >= 15 is 0 Å². The Labute approximate surface area is 104 Å². The molecule has 1 atom stereocenters. The van der Waals surface area contributed by atoms with Crippen LogP contribution in [0.1, 0.15) is 13.3 Å². The average Bonchev–Trinajstić information content (AvgIpc) is 2.69. The molecule has 1 unspecified atom stereocenters. The van der Waals surface area contributed by atoms with Gasteiger partial charge in [0.15, 0.2) is 5.82 Å². The number of carbonyl (C=O) groups is 1. The van der Waals surface area contributed by atoms with Gasteiger partial charge in [-0.25, -0.2) is 4.98 Å². The molecule has 2 heterocycles. The molecule has 17 heavy (non-hydrogen) atoms. The maximum atomic E-state index is 11.1. The van der Waals surface area contributed by atoms with Crippen molar-refractivity contribution in [3.8, 4) is 0 Å². The highest BCUT2D eigenvalue weighted by atomic mass is 35.5. The Morgan fingerprint density at radius 3 is 3.12 bits per heavy atom. The van der Waals surface area contributed by atoms with E-state index in [1.165, 1.54) is 0 Å². The fourth-order valence-electron chi connectivity index (χ4n) is 1.61. The first-order valence-electron chi connectivity index (χ1n) is 5.48. The third-order valence-electron chi connectivity index (χ3n) is 2.40. The molecule has 1 aliphatic heterocycles.